The number of carbonyl (C=O) groups excluding carboxylic acids is 1. The number of benzene rings is 1. The zero-order chi connectivity index (χ0) is 20.8. The molecular weight excluding hydrogens is 530 g/mol. The van der Waals surface area contributed by atoms with Crippen LogP contribution in [0.4, 0.5) is 0 Å². The Labute approximate surface area is 196 Å². The van der Waals surface area contributed by atoms with E-state index in [4.69, 9.17) is 4.74 Å². The second-order valence-electron chi connectivity index (χ2n) is 7.45. The number of nitrogens with one attached hydrogen (secondary N) is 1. The van der Waals surface area contributed by atoms with Gasteiger partial charge >= 0.3 is 0 Å². The number of carbonyl (C=O) groups is 1. The molecule has 1 N–H and O–H groups in total. The average Bonchev–Trinajstić information content (AvgIpc) is 2.72. The fourth-order valence-electron chi connectivity index (χ4n) is 3.56. The van der Waals surface area contributed by atoms with Crippen LogP contribution in [0.1, 0.15) is 101 Å². The Morgan fingerprint density at radius 1 is 0.931 bits per heavy atom. The predicted molar refractivity (Wildman–Crippen MR) is 124 cm³/mol. The fourth-order valence-corrected chi connectivity index (χ4v) is 3.56. The normalized spacial score (nSPS) is 23.0. The summed E-state index contributed by atoms with van der Waals surface area (Å²) in [6.45, 7) is 14.7. The molecule has 4 heteroatoms. The Morgan fingerprint density at radius 3 is 1.76 bits per heavy atom. The summed E-state index contributed by atoms with van der Waals surface area (Å²) >= 11 is 0. The molecule has 3 aliphatic rings. The van der Waals surface area contributed by atoms with Crippen LogP contribution in [0.15, 0.2) is 30.3 Å². The summed E-state index contributed by atoms with van der Waals surface area (Å²) < 4.78 is 5.52. The zero-order valence-electron chi connectivity index (χ0n) is 19.3. The van der Waals surface area contributed by atoms with Crippen LogP contribution in [0.3, 0.4) is 0 Å². The Hall–Kier alpha value is -0.822. The van der Waals surface area contributed by atoms with Crippen molar-refractivity contribution in [2.75, 3.05) is 6.61 Å². The van der Waals surface area contributed by atoms with E-state index in [-0.39, 0.29) is 46.5 Å². The number of fused-ring (bicyclic) bond motifs is 3. The minimum Gasteiger partial charge on any atom is -0.484 e. The van der Waals surface area contributed by atoms with E-state index in [0.29, 0.717) is 5.41 Å². The van der Waals surface area contributed by atoms with Crippen LogP contribution in [0.5, 0.6) is 5.75 Å². The maximum atomic E-state index is 12.1. The van der Waals surface area contributed by atoms with Gasteiger partial charge in [-0.25, -0.2) is 0 Å². The van der Waals surface area contributed by atoms with Gasteiger partial charge in [0.2, 0.25) is 0 Å². The third-order valence-corrected chi connectivity index (χ3v) is 5.14. The molecule has 3 fully saturated rings. The molecule has 0 unspecified atom stereocenters. The van der Waals surface area contributed by atoms with E-state index < -0.39 is 0 Å². The Bertz CT molecular complexity index is 480. The molecule has 0 atom stereocenters. The van der Waals surface area contributed by atoms with Crippen LogP contribution in [0, 0.1) is 5.41 Å². The monoisotopic (exact) mass is 577 g/mol. The molecule has 4 rings (SSSR count). The Morgan fingerprint density at radius 2 is 1.34 bits per heavy atom. The first-order chi connectivity index (χ1) is 13.0. The summed E-state index contributed by atoms with van der Waals surface area (Å²) in [5, 5.41) is 3.24. The maximum Gasteiger partial charge on any atom is 0.258 e. The van der Waals surface area contributed by atoms with Gasteiger partial charge in [0.15, 0.2) is 6.61 Å². The van der Waals surface area contributed by atoms with Gasteiger partial charge in [0, 0.05) is 26.6 Å². The van der Waals surface area contributed by atoms with Crippen molar-refractivity contribution in [2.24, 2.45) is 5.41 Å². The van der Waals surface area contributed by atoms with Gasteiger partial charge in [0.25, 0.3) is 5.91 Å². The standard InChI is InChI=1S/C17H23NO2.C3H8.2C2H6.CH4.W/c1-16-7-10-17(11-8-16,12-9-16)18-15(19)13-20-14-5-3-2-4-6-14;1-3-2;2*1-2;;/h2-6H,7-13H2,1H3,(H,18,19);3H2,1-2H3;2*1-2H3;1H4;. The Balaban J connectivity index is -0.000000675. The number of amides is 1. The topological polar surface area (TPSA) is 38.3 Å². The van der Waals surface area contributed by atoms with E-state index in [9.17, 15) is 4.79 Å². The molecule has 0 heterocycles. The number of rotatable bonds is 4. The van der Waals surface area contributed by atoms with Crippen molar-refractivity contribution in [1.29, 1.82) is 0 Å². The molecule has 0 spiro atoms. The SMILES string of the molecule is C.CC.CC.CC12CCC(NC(=O)COc3ccccc3)(CC1)CC2.CCC.[W]. The van der Waals surface area contributed by atoms with E-state index in [1.54, 1.807) is 0 Å². The largest absolute Gasteiger partial charge is 0.484 e. The third kappa shape index (κ3) is 11.8. The van der Waals surface area contributed by atoms with Crippen LogP contribution in [0.2, 0.25) is 0 Å². The number of hydrogen-bond donors (Lipinski definition) is 1. The van der Waals surface area contributed by atoms with Gasteiger partial charge in [0.1, 0.15) is 5.75 Å². The average molecular weight is 577 g/mol. The van der Waals surface area contributed by atoms with Crippen molar-refractivity contribution in [3.63, 3.8) is 0 Å². The van der Waals surface area contributed by atoms with Crippen molar-refractivity contribution >= 4 is 5.91 Å². The minimum atomic E-state index is 0. The van der Waals surface area contributed by atoms with Crippen LogP contribution >= 0.6 is 0 Å². The third-order valence-electron chi connectivity index (χ3n) is 5.14. The minimum absolute atomic E-state index is 0. The molecule has 3 nitrogen and oxygen atoms in total. The van der Waals surface area contributed by atoms with Crippen molar-refractivity contribution in [3.05, 3.63) is 30.3 Å². The molecule has 1 aromatic carbocycles. The van der Waals surface area contributed by atoms with E-state index in [2.05, 4.69) is 26.1 Å². The van der Waals surface area contributed by atoms with Crippen molar-refractivity contribution in [2.45, 2.75) is 106 Å². The fraction of sp³-hybridized carbons (Fsp3) is 0.720. The predicted octanol–water partition coefficient (Wildman–Crippen LogP) is 7.40. The summed E-state index contributed by atoms with van der Waals surface area (Å²) in [5.74, 6) is 0.763. The quantitative estimate of drug-likeness (QED) is 0.405. The smallest absolute Gasteiger partial charge is 0.258 e. The molecular formula is C25H47NO2W. The first kappa shape index (κ1) is 32.8. The van der Waals surface area contributed by atoms with Crippen molar-refractivity contribution in [3.8, 4) is 5.75 Å². The molecule has 170 valence electrons. The summed E-state index contributed by atoms with van der Waals surface area (Å²) in [7, 11) is 0. The molecule has 0 aliphatic heterocycles. The molecule has 0 radical (unpaired) electrons. The van der Waals surface area contributed by atoms with Gasteiger partial charge < -0.3 is 10.1 Å². The van der Waals surface area contributed by atoms with Crippen LogP contribution < -0.4 is 10.1 Å². The maximum absolute atomic E-state index is 12.1. The van der Waals surface area contributed by atoms with Crippen LogP contribution in [-0.4, -0.2) is 18.1 Å². The van der Waals surface area contributed by atoms with Crippen molar-refractivity contribution in [1.82, 2.24) is 5.32 Å². The molecule has 2 bridgehead atoms. The molecule has 29 heavy (non-hydrogen) atoms. The van der Waals surface area contributed by atoms with E-state index in [1.165, 1.54) is 25.7 Å². The van der Waals surface area contributed by atoms with Crippen molar-refractivity contribution < 1.29 is 30.6 Å². The zero-order valence-corrected chi connectivity index (χ0v) is 22.2. The molecule has 0 saturated heterocycles. The van der Waals surface area contributed by atoms with Gasteiger partial charge in [-0.1, -0.05) is 80.5 Å². The molecule has 3 saturated carbocycles. The summed E-state index contributed by atoms with van der Waals surface area (Å²) in [4.78, 5) is 12.1. The van der Waals surface area contributed by atoms with E-state index in [0.717, 1.165) is 25.0 Å². The molecule has 1 amide bonds. The van der Waals surface area contributed by atoms with Gasteiger partial charge in [0.05, 0.1) is 0 Å². The number of para-hydroxylation sites is 1. The molecule has 3 aliphatic carbocycles. The first-order valence-corrected chi connectivity index (χ1v) is 11.0. The van der Waals surface area contributed by atoms with Crippen LogP contribution in [0.25, 0.3) is 0 Å². The van der Waals surface area contributed by atoms with Gasteiger partial charge in [-0.15, -0.1) is 0 Å². The molecule has 0 aromatic heterocycles. The van der Waals surface area contributed by atoms with E-state index >= 15 is 0 Å². The first-order valence-electron chi connectivity index (χ1n) is 11.0. The number of hydrogen-bond acceptors (Lipinski definition) is 2. The van der Waals surface area contributed by atoms with Gasteiger partial charge in [-0.3, -0.25) is 4.79 Å². The van der Waals surface area contributed by atoms with Gasteiger partial charge in [-0.05, 0) is 56.1 Å². The van der Waals surface area contributed by atoms with E-state index in [1.807, 2.05) is 58.0 Å². The summed E-state index contributed by atoms with van der Waals surface area (Å²) in [5.41, 5.74) is 0.585. The van der Waals surface area contributed by atoms with Crippen LogP contribution in [-0.2, 0) is 25.9 Å². The second kappa shape index (κ2) is 18.0. The second-order valence-corrected chi connectivity index (χ2v) is 7.45. The number of ether oxygens (including phenoxy) is 1. The summed E-state index contributed by atoms with van der Waals surface area (Å²) in [6, 6.07) is 9.51. The van der Waals surface area contributed by atoms with Gasteiger partial charge in [-0.2, -0.15) is 0 Å². The summed E-state index contributed by atoms with van der Waals surface area (Å²) in [6.07, 6.45) is 8.36. The molecule has 1 aromatic rings. The Kier molecular flexibility index (Phi) is 20.4.